The monoisotopic (exact) mass is 648 g/mol. The first-order valence-electron chi connectivity index (χ1n) is 13.5. The number of anilines is 1. The molecule has 1 aliphatic heterocycles. The number of imidazole rings is 1. The fourth-order valence-corrected chi connectivity index (χ4v) is 6.97. The third-order valence-electron chi connectivity index (χ3n) is 7.21. The summed E-state index contributed by atoms with van der Waals surface area (Å²) in [5, 5.41) is 36.3. The van der Waals surface area contributed by atoms with Crippen LogP contribution < -0.4 is 20.1 Å². The summed E-state index contributed by atoms with van der Waals surface area (Å²) in [5.41, 5.74) is 4.34. The second-order valence-corrected chi connectivity index (χ2v) is 13.0. The Bertz CT molecular complexity index is 1700. The molecular formula is C27H33N6O9PS. The van der Waals surface area contributed by atoms with Crippen molar-refractivity contribution in [3.8, 4) is 11.6 Å². The molecule has 44 heavy (non-hydrogen) atoms. The van der Waals surface area contributed by atoms with Crippen LogP contribution in [0.3, 0.4) is 0 Å². The molecule has 3 heterocycles. The van der Waals surface area contributed by atoms with Crippen molar-refractivity contribution < 1.29 is 43.2 Å². The highest BCUT2D eigenvalue weighted by molar-refractivity contribution is 7.98. The van der Waals surface area contributed by atoms with Crippen LogP contribution in [-0.4, -0.2) is 90.4 Å². The number of carbonyl (C=O) groups is 1. The quantitative estimate of drug-likeness (QED) is 0.132. The van der Waals surface area contributed by atoms with Crippen molar-refractivity contribution in [2.45, 2.75) is 43.4 Å². The third-order valence-corrected chi connectivity index (χ3v) is 9.40. The van der Waals surface area contributed by atoms with Crippen LogP contribution in [0.4, 0.5) is 5.95 Å². The molecule has 0 spiro atoms. The average molecular weight is 649 g/mol. The van der Waals surface area contributed by atoms with Crippen LogP contribution in [0.5, 0.6) is 11.6 Å². The Morgan fingerprint density at radius 2 is 2.02 bits per heavy atom. The Balaban J connectivity index is 1.43. The first kappa shape index (κ1) is 31.9. The Morgan fingerprint density at radius 1 is 1.27 bits per heavy atom. The number of hydrogen-bond acceptors (Lipinski definition) is 13. The molecule has 236 valence electrons. The van der Waals surface area contributed by atoms with Gasteiger partial charge in [-0.15, -0.1) is 0 Å². The van der Waals surface area contributed by atoms with Crippen LogP contribution in [-0.2, 0) is 18.6 Å². The van der Waals surface area contributed by atoms with E-state index in [4.69, 9.17) is 24.3 Å². The van der Waals surface area contributed by atoms with Crippen LogP contribution in [0.25, 0.3) is 21.9 Å². The predicted octanol–water partition coefficient (Wildman–Crippen LogP) is 2.58. The van der Waals surface area contributed by atoms with E-state index < -0.39 is 50.4 Å². The van der Waals surface area contributed by atoms with Crippen molar-refractivity contribution in [1.82, 2.24) is 24.6 Å². The summed E-state index contributed by atoms with van der Waals surface area (Å²) in [7, 11) is -3.05. The number of aliphatic hydroxyl groups excluding tert-OH is 1. The number of nitrogens with one attached hydrogen (secondary N) is 1. The number of aliphatic hydroxyl groups is 2. The summed E-state index contributed by atoms with van der Waals surface area (Å²) >= 11 is 1.43. The van der Waals surface area contributed by atoms with Gasteiger partial charge in [-0.25, -0.2) is 9.55 Å². The summed E-state index contributed by atoms with van der Waals surface area (Å²) in [6.45, 7) is 0.800. The number of aromatic nitrogens is 4. The summed E-state index contributed by atoms with van der Waals surface area (Å²) in [6, 6.07) is 11.1. The number of hydrogen-bond donors (Lipinski definition) is 5. The predicted molar refractivity (Wildman–Crippen MR) is 163 cm³/mol. The lowest BCUT2D eigenvalue weighted by Gasteiger charge is -2.27. The molecule has 2 aromatic carbocycles. The molecule has 6 N–H and O–H groups in total. The smallest absolute Gasteiger partial charge is 0.459 e. The summed E-state index contributed by atoms with van der Waals surface area (Å²) in [5.74, 6) is -0.585. The Labute approximate surface area is 256 Å². The molecule has 15 nitrogen and oxygen atoms in total. The molecule has 5 rings (SSSR count). The standard InChI is InChI=1S/C27H33N6O9PS/c1-27(37)21(34)19(41-25(27)33-14-29-20-22(33)30-26(28)31-23(20)39-2)13-40-43(38,32-17(24(35)36)11-12-44-3)42-18-10-6-8-15-7-4-5-9-16(15)18/h4-10,14,17,19,21,25,34,37H,11-13H2,1-3H3,(H,32,38)(H,35,36)(H2,28,30,31)/t17?,19-,21-,25?,27-,43?/m1/s1. The van der Waals surface area contributed by atoms with Gasteiger partial charge in [-0.1, -0.05) is 36.4 Å². The van der Waals surface area contributed by atoms with E-state index in [9.17, 15) is 24.7 Å². The lowest BCUT2D eigenvalue weighted by molar-refractivity contribution is -0.139. The Kier molecular flexibility index (Phi) is 9.32. The summed E-state index contributed by atoms with van der Waals surface area (Å²) in [6.07, 6.45) is -0.754. The number of aliphatic carboxylic acids is 1. The minimum atomic E-state index is -4.44. The average Bonchev–Trinajstić information content (AvgIpc) is 3.51. The van der Waals surface area contributed by atoms with Gasteiger partial charge in [0.2, 0.25) is 11.8 Å². The van der Waals surface area contributed by atoms with Crippen molar-refractivity contribution in [1.29, 1.82) is 0 Å². The maximum atomic E-state index is 14.2. The zero-order valence-electron chi connectivity index (χ0n) is 24.1. The maximum absolute atomic E-state index is 14.2. The fraction of sp³-hybridized carbons (Fsp3) is 0.407. The number of rotatable bonds is 13. The van der Waals surface area contributed by atoms with Crippen LogP contribution in [0.1, 0.15) is 19.6 Å². The van der Waals surface area contributed by atoms with E-state index in [2.05, 4.69) is 20.0 Å². The number of carboxylic acids is 1. The molecule has 1 aliphatic rings. The van der Waals surface area contributed by atoms with Gasteiger partial charge in [0.1, 0.15) is 29.6 Å². The zero-order valence-corrected chi connectivity index (χ0v) is 25.8. The molecule has 1 fully saturated rings. The van der Waals surface area contributed by atoms with Crippen LogP contribution in [0.2, 0.25) is 0 Å². The molecule has 6 atom stereocenters. The highest BCUT2D eigenvalue weighted by atomic mass is 32.2. The first-order chi connectivity index (χ1) is 21.0. The van der Waals surface area contributed by atoms with E-state index in [1.807, 2.05) is 24.5 Å². The maximum Gasteiger partial charge on any atom is 0.459 e. The van der Waals surface area contributed by atoms with Crippen LogP contribution in [0.15, 0.2) is 48.8 Å². The highest BCUT2D eigenvalue weighted by Crippen LogP contribution is 2.49. The van der Waals surface area contributed by atoms with Gasteiger partial charge in [-0.2, -0.15) is 26.8 Å². The van der Waals surface area contributed by atoms with Gasteiger partial charge in [-0.05, 0) is 36.8 Å². The molecule has 0 aliphatic carbocycles. The zero-order chi connectivity index (χ0) is 31.6. The van der Waals surface area contributed by atoms with Gasteiger partial charge in [-0.3, -0.25) is 13.9 Å². The third kappa shape index (κ3) is 6.33. The minimum absolute atomic E-state index is 0.108. The second-order valence-electron chi connectivity index (χ2n) is 10.3. The van der Waals surface area contributed by atoms with E-state index >= 15 is 0 Å². The van der Waals surface area contributed by atoms with Gasteiger partial charge >= 0.3 is 13.7 Å². The molecule has 0 bridgehead atoms. The van der Waals surface area contributed by atoms with Crippen molar-refractivity contribution in [2.75, 3.05) is 31.5 Å². The van der Waals surface area contributed by atoms with E-state index in [1.165, 1.54) is 36.7 Å². The number of carboxylic acid groups (broad SMARTS) is 1. The number of thioether (sulfide) groups is 1. The number of nitrogens with two attached hydrogens (primary N) is 1. The summed E-state index contributed by atoms with van der Waals surface area (Å²) in [4.78, 5) is 24.5. The number of fused-ring (bicyclic) bond motifs is 2. The normalized spacial score (nSPS) is 23.9. The fourth-order valence-electron chi connectivity index (χ4n) is 4.93. The van der Waals surface area contributed by atoms with Crippen molar-refractivity contribution in [3.63, 3.8) is 0 Å². The molecule has 0 amide bonds. The molecule has 4 aromatic rings. The molecule has 1 saturated heterocycles. The van der Waals surface area contributed by atoms with E-state index in [-0.39, 0.29) is 35.2 Å². The molecule has 0 saturated carbocycles. The first-order valence-corrected chi connectivity index (χ1v) is 16.4. The molecule has 17 heteroatoms. The van der Waals surface area contributed by atoms with E-state index in [0.29, 0.717) is 11.1 Å². The van der Waals surface area contributed by atoms with E-state index in [0.717, 1.165) is 5.39 Å². The largest absolute Gasteiger partial charge is 0.480 e. The summed E-state index contributed by atoms with van der Waals surface area (Å²) < 4.78 is 38.5. The number of methoxy groups -OCH3 is 1. The Hall–Kier alpha value is -3.50. The Morgan fingerprint density at radius 3 is 2.75 bits per heavy atom. The topological polar surface area (TPSA) is 213 Å². The molecular weight excluding hydrogens is 615 g/mol. The van der Waals surface area contributed by atoms with Gasteiger partial charge in [0, 0.05) is 5.39 Å². The molecule has 3 unspecified atom stereocenters. The van der Waals surface area contributed by atoms with Crippen molar-refractivity contribution in [2.24, 2.45) is 0 Å². The number of ether oxygens (including phenoxy) is 2. The van der Waals surface area contributed by atoms with E-state index in [1.54, 1.807) is 24.3 Å². The van der Waals surface area contributed by atoms with Crippen LogP contribution in [0, 0.1) is 0 Å². The minimum Gasteiger partial charge on any atom is -0.480 e. The lowest BCUT2D eigenvalue weighted by Crippen LogP contribution is -2.44. The van der Waals surface area contributed by atoms with Crippen molar-refractivity contribution >= 4 is 53.4 Å². The highest BCUT2D eigenvalue weighted by Gasteiger charge is 2.54. The van der Waals surface area contributed by atoms with Gasteiger partial charge in [0.15, 0.2) is 17.4 Å². The lowest BCUT2D eigenvalue weighted by atomic mass is 9.96. The van der Waals surface area contributed by atoms with Crippen molar-refractivity contribution in [3.05, 3.63) is 48.8 Å². The molecule has 2 aromatic heterocycles. The molecule has 0 radical (unpaired) electrons. The SMILES string of the molecule is COc1nc(N)nc2c1ncn2C1O[C@H](COP(=O)(NC(CCSC)C(=O)O)Oc2cccc3ccccc23)[C@@H](O)[C@@]1(C)O. The van der Waals surface area contributed by atoms with Crippen LogP contribution >= 0.6 is 19.5 Å². The second kappa shape index (κ2) is 12.9. The van der Waals surface area contributed by atoms with Gasteiger partial charge in [0.05, 0.1) is 20.0 Å². The van der Waals surface area contributed by atoms with Gasteiger partial charge < -0.3 is 35.1 Å². The van der Waals surface area contributed by atoms with Gasteiger partial charge in [0.25, 0.3) is 0 Å². The number of nitrogens with zero attached hydrogens (tertiary/aromatic N) is 4. The number of benzene rings is 2. The number of nitrogen functional groups attached to an aromatic ring is 1.